The molecule has 1 unspecified atom stereocenters. The van der Waals surface area contributed by atoms with Crippen molar-refractivity contribution < 1.29 is 23.0 Å². The van der Waals surface area contributed by atoms with Crippen LogP contribution in [0.15, 0.2) is 10.7 Å². The second kappa shape index (κ2) is 5.50. The Morgan fingerprint density at radius 3 is 2.76 bits per heavy atom. The minimum absolute atomic E-state index is 0.0617. The summed E-state index contributed by atoms with van der Waals surface area (Å²) in [6, 6.07) is 0. The van der Waals surface area contributed by atoms with E-state index in [1.807, 2.05) is 0 Å². The van der Waals surface area contributed by atoms with Crippen molar-refractivity contribution in [3.8, 4) is 5.88 Å². The maximum Gasteiger partial charge on any atom is 0.416 e. The van der Waals surface area contributed by atoms with Crippen LogP contribution in [0.25, 0.3) is 0 Å². The minimum atomic E-state index is -4.67. The molecule has 0 saturated carbocycles. The summed E-state index contributed by atoms with van der Waals surface area (Å²) in [4.78, 5) is 7.49. The maximum atomic E-state index is 12.0. The number of aliphatic hydroxyl groups is 1. The van der Waals surface area contributed by atoms with Gasteiger partial charge in [0.05, 0.1) is 24.3 Å². The van der Waals surface area contributed by atoms with Gasteiger partial charge in [0.1, 0.15) is 0 Å². The molecule has 0 aliphatic carbocycles. The average Bonchev–Trinajstić information content (AvgIpc) is 2.26. The van der Waals surface area contributed by atoms with E-state index in [0.29, 0.717) is 4.47 Å². The van der Waals surface area contributed by atoms with Crippen LogP contribution < -0.4 is 10.1 Å². The highest BCUT2D eigenvalue weighted by molar-refractivity contribution is 9.10. The second-order valence-electron chi connectivity index (χ2n) is 2.99. The number of aromatic nitrogens is 2. The third kappa shape index (κ3) is 4.00. The fourth-order valence-electron chi connectivity index (χ4n) is 0.883. The van der Waals surface area contributed by atoms with Gasteiger partial charge in [0.25, 0.3) is 0 Å². The molecule has 0 spiro atoms. The smallest absolute Gasteiger partial charge is 0.416 e. The first-order valence-corrected chi connectivity index (χ1v) is 5.19. The highest BCUT2D eigenvalue weighted by Crippen LogP contribution is 2.23. The second-order valence-corrected chi connectivity index (χ2v) is 3.84. The number of hydrogen-bond donors (Lipinski definition) is 2. The van der Waals surface area contributed by atoms with Crippen LogP contribution in [0.5, 0.6) is 5.88 Å². The number of methoxy groups -OCH3 is 1. The number of aliphatic hydroxyl groups excluding tert-OH is 1. The number of nitrogens with zero attached hydrogens (tertiary/aromatic N) is 2. The van der Waals surface area contributed by atoms with Crippen LogP contribution in [0.2, 0.25) is 0 Å². The Kier molecular flexibility index (Phi) is 4.52. The first-order valence-electron chi connectivity index (χ1n) is 4.39. The largest absolute Gasteiger partial charge is 0.480 e. The third-order valence-corrected chi connectivity index (χ3v) is 2.28. The Bertz CT molecular complexity index is 389. The van der Waals surface area contributed by atoms with E-state index in [0.717, 1.165) is 0 Å². The van der Waals surface area contributed by atoms with E-state index in [1.165, 1.54) is 13.3 Å². The van der Waals surface area contributed by atoms with Gasteiger partial charge in [0.15, 0.2) is 6.10 Å². The molecule has 5 nitrogen and oxygen atoms in total. The predicted molar refractivity (Wildman–Crippen MR) is 56.8 cm³/mol. The van der Waals surface area contributed by atoms with Crippen molar-refractivity contribution in [2.75, 3.05) is 19.0 Å². The monoisotopic (exact) mass is 315 g/mol. The van der Waals surface area contributed by atoms with Gasteiger partial charge >= 0.3 is 6.18 Å². The Labute approximate surface area is 103 Å². The van der Waals surface area contributed by atoms with E-state index < -0.39 is 18.8 Å². The molecule has 0 amide bonds. The van der Waals surface area contributed by atoms with Crippen molar-refractivity contribution in [1.82, 2.24) is 9.97 Å². The Morgan fingerprint density at radius 1 is 1.59 bits per heavy atom. The summed E-state index contributed by atoms with van der Waals surface area (Å²) in [7, 11) is 1.36. The lowest BCUT2D eigenvalue weighted by Crippen LogP contribution is -2.35. The fourth-order valence-corrected chi connectivity index (χ4v) is 1.24. The number of halogens is 4. The number of alkyl halides is 3. The molecule has 1 heterocycles. The van der Waals surface area contributed by atoms with Gasteiger partial charge in [0, 0.05) is 0 Å². The molecule has 0 aliphatic rings. The highest BCUT2D eigenvalue weighted by Gasteiger charge is 2.37. The van der Waals surface area contributed by atoms with Crippen LogP contribution in [0.1, 0.15) is 0 Å². The zero-order chi connectivity index (χ0) is 13.1. The Balaban J connectivity index is 2.64. The highest BCUT2D eigenvalue weighted by atomic mass is 79.9. The molecule has 2 N–H and O–H groups in total. The van der Waals surface area contributed by atoms with Crippen LogP contribution in [0.3, 0.4) is 0 Å². The van der Waals surface area contributed by atoms with Gasteiger partial charge < -0.3 is 15.2 Å². The van der Waals surface area contributed by atoms with Gasteiger partial charge in [-0.3, -0.25) is 0 Å². The van der Waals surface area contributed by atoms with Crippen molar-refractivity contribution in [2.45, 2.75) is 12.3 Å². The van der Waals surface area contributed by atoms with Crippen molar-refractivity contribution in [1.29, 1.82) is 0 Å². The number of rotatable bonds is 4. The summed E-state index contributed by atoms with van der Waals surface area (Å²) in [5, 5.41) is 11.0. The van der Waals surface area contributed by atoms with E-state index >= 15 is 0 Å². The molecule has 1 rings (SSSR count). The summed E-state index contributed by atoms with van der Waals surface area (Å²) in [5.74, 6) is 0.123. The number of hydrogen-bond acceptors (Lipinski definition) is 5. The lowest BCUT2D eigenvalue weighted by Gasteiger charge is -2.15. The van der Waals surface area contributed by atoms with E-state index in [-0.39, 0.29) is 11.8 Å². The lowest BCUT2D eigenvalue weighted by atomic mass is 10.3. The Morgan fingerprint density at radius 2 is 2.24 bits per heavy atom. The van der Waals surface area contributed by atoms with E-state index in [4.69, 9.17) is 9.84 Å². The predicted octanol–water partition coefficient (Wildman–Crippen LogP) is 1.58. The molecular formula is C8H9BrF3N3O2. The van der Waals surface area contributed by atoms with Crippen molar-refractivity contribution in [2.24, 2.45) is 0 Å². The van der Waals surface area contributed by atoms with Crippen LogP contribution in [0, 0.1) is 0 Å². The number of nitrogens with one attached hydrogen (secondary N) is 1. The van der Waals surface area contributed by atoms with Gasteiger partial charge in [-0.05, 0) is 15.9 Å². The van der Waals surface area contributed by atoms with Crippen molar-refractivity contribution in [3.63, 3.8) is 0 Å². The Hall–Kier alpha value is -1.09. The lowest BCUT2D eigenvalue weighted by molar-refractivity contribution is -0.198. The van der Waals surface area contributed by atoms with E-state index in [9.17, 15) is 13.2 Å². The van der Waals surface area contributed by atoms with Gasteiger partial charge in [0.2, 0.25) is 11.8 Å². The molecule has 9 heteroatoms. The molecule has 17 heavy (non-hydrogen) atoms. The quantitative estimate of drug-likeness (QED) is 0.883. The molecule has 1 aromatic heterocycles. The molecule has 0 saturated heterocycles. The number of anilines is 1. The van der Waals surface area contributed by atoms with E-state index in [1.54, 1.807) is 0 Å². The van der Waals surface area contributed by atoms with Crippen LogP contribution in [-0.4, -0.2) is 41.0 Å². The van der Waals surface area contributed by atoms with Crippen LogP contribution >= 0.6 is 15.9 Å². The first kappa shape index (κ1) is 14.0. The zero-order valence-electron chi connectivity index (χ0n) is 8.62. The molecule has 0 fully saturated rings. The summed E-state index contributed by atoms with van der Waals surface area (Å²) < 4.78 is 41.3. The standard InChI is InChI=1S/C8H9BrF3N3O2/c1-17-6-4(9)2-13-7(15-6)14-3-5(16)8(10,11)12/h2,5,16H,3H2,1H3,(H,13,14,15). The zero-order valence-corrected chi connectivity index (χ0v) is 10.2. The van der Waals surface area contributed by atoms with Crippen LogP contribution in [-0.2, 0) is 0 Å². The molecule has 96 valence electrons. The van der Waals surface area contributed by atoms with Crippen molar-refractivity contribution in [3.05, 3.63) is 10.7 Å². The van der Waals surface area contributed by atoms with Crippen LogP contribution in [0.4, 0.5) is 19.1 Å². The topological polar surface area (TPSA) is 67.3 Å². The third-order valence-electron chi connectivity index (χ3n) is 1.74. The molecule has 0 aromatic carbocycles. The summed E-state index contributed by atoms with van der Waals surface area (Å²) in [6.07, 6.45) is -5.82. The number of ether oxygens (including phenoxy) is 1. The van der Waals surface area contributed by atoms with Gasteiger partial charge in [-0.25, -0.2) is 4.98 Å². The van der Waals surface area contributed by atoms with E-state index in [2.05, 4.69) is 31.2 Å². The molecule has 1 atom stereocenters. The first-order chi connectivity index (χ1) is 7.84. The normalized spacial score (nSPS) is 13.3. The molecule has 0 aliphatic heterocycles. The van der Waals surface area contributed by atoms with Gasteiger partial charge in [-0.15, -0.1) is 0 Å². The summed E-state index contributed by atoms with van der Waals surface area (Å²) >= 11 is 3.10. The maximum absolute atomic E-state index is 12.0. The molecular weight excluding hydrogens is 307 g/mol. The average molecular weight is 316 g/mol. The van der Waals surface area contributed by atoms with Gasteiger partial charge in [-0.2, -0.15) is 18.2 Å². The SMILES string of the molecule is COc1nc(NCC(O)C(F)(F)F)ncc1Br. The van der Waals surface area contributed by atoms with Gasteiger partial charge in [-0.1, -0.05) is 0 Å². The summed E-state index contributed by atoms with van der Waals surface area (Å²) in [5.41, 5.74) is 0. The fraction of sp³-hybridized carbons (Fsp3) is 0.500. The minimum Gasteiger partial charge on any atom is -0.480 e. The molecule has 1 aromatic rings. The summed E-state index contributed by atoms with van der Waals surface area (Å²) in [6.45, 7) is -0.728. The molecule has 0 radical (unpaired) electrons. The molecule has 0 bridgehead atoms. The van der Waals surface area contributed by atoms with Crippen molar-refractivity contribution >= 4 is 21.9 Å².